The van der Waals surface area contributed by atoms with E-state index < -0.39 is 0 Å². The van der Waals surface area contributed by atoms with E-state index in [2.05, 4.69) is 22.0 Å². The number of aliphatic hydroxyl groups excluding tert-OH is 1. The van der Waals surface area contributed by atoms with Crippen molar-refractivity contribution in [1.82, 2.24) is 0 Å². The van der Waals surface area contributed by atoms with Crippen LogP contribution in [0.3, 0.4) is 0 Å². The second kappa shape index (κ2) is 6.77. The van der Waals surface area contributed by atoms with Crippen LogP contribution in [-0.2, 0) is 6.61 Å². The Morgan fingerprint density at radius 1 is 1.44 bits per heavy atom. The highest BCUT2D eigenvalue weighted by atomic mass is 79.9. The molecule has 1 aromatic rings. The monoisotopic (exact) mass is 311 g/mol. The van der Waals surface area contributed by atoms with Crippen LogP contribution in [0, 0.1) is 16.7 Å². The van der Waals surface area contributed by atoms with Gasteiger partial charge in [0.1, 0.15) is 5.75 Å². The summed E-state index contributed by atoms with van der Waals surface area (Å²) in [5.41, 5.74) is 0.518. The first-order chi connectivity index (χ1) is 8.48. The molecule has 1 aromatic carbocycles. The number of hydrogen-bond acceptors (Lipinski definition) is 3. The third-order valence-electron chi connectivity index (χ3n) is 2.71. The number of ether oxygens (including phenoxy) is 1. The van der Waals surface area contributed by atoms with Gasteiger partial charge in [-0.2, -0.15) is 5.26 Å². The topological polar surface area (TPSA) is 53.2 Å². The second-order valence-corrected chi connectivity index (χ2v) is 5.71. The maximum Gasteiger partial charge on any atom is 0.119 e. The average Bonchev–Trinajstić information content (AvgIpc) is 2.36. The first kappa shape index (κ1) is 15.0. The van der Waals surface area contributed by atoms with E-state index in [-0.39, 0.29) is 12.0 Å². The smallest absolute Gasteiger partial charge is 0.119 e. The van der Waals surface area contributed by atoms with Gasteiger partial charge in [0.05, 0.1) is 24.7 Å². The maximum atomic E-state index is 9.13. The molecule has 0 unspecified atom stereocenters. The van der Waals surface area contributed by atoms with Crippen molar-refractivity contribution in [2.24, 2.45) is 5.41 Å². The largest absolute Gasteiger partial charge is 0.494 e. The molecule has 0 aliphatic heterocycles. The normalized spacial score (nSPS) is 11.1. The van der Waals surface area contributed by atoms with E-state index in [0.717, 1.165) is 28.6 Å². The predicted octanol–water partition coefficient (Wildman–Crippen LogP) is 3.65. The Hall–Kier alpha value is -1.05. The Morgan fingerprint density at radius 2 is 2.17 bits per heavy atom. The molecule has 0 saturated heterocycles. The molecule has 0 radical (unpaired) electrons. The third kappa shape index (κ3) is 4.67. The third-order valence-corrected chi connectivity index (χ3v) is 3.48. The van der Waals surface area contributed by atoms with Gasteiger partial charge in [0.15, 0.2) is 0 Å². The summed E-state index contributed by atoms with van der Waals surface area (Å²) in [4.78, 5) is 0. The highest BCUT2D eigenvalue weighted by molar-refractivity contribution is 9.10. The molecule has 4 heteroatoms. The molecule has 0 aliphatic carbocycles. The van der Waals surface area contributed by atoms with Crippen molar-refractivity contribution >= 4 is 15.9 Å². The molecule has 0 fully saturated rings. The van der Waals surface area contributed by atoms with Gasteiger partial charge in [-0.05, 0) is 50.5 Å². The van der Waals surface area contributed by atoms with Crippen LogP contribution in [0.15, 0.2) is 22.7 Å². The summed E-state index contributed by atoms with van der Waals surface area (Å²) in [5.74, 6) is 0.747. The van der Waals surface area contributed by atoms with Crippen molar-refractivity contribution in [3.8, 4) is 11.8 Å². The number of benzene rings is 1. The number of nitrogens with zero attached hydrogens (tertiary/aromatic N) is 1. The van der Waals surface area contributed by atoms with Gasteiger partial charge in [-0.3, -0.25) is 0 Å². The molecule has 0 amide bonds. The summed E-state index contributed by atoms with van der Waals surface area (Å²) < 4.78 is 6.48. The summed E-state index contributed by atoms with van der Waals surface area (Å²) in [7, 11) is 0. The zero-order valence-corrected chi connectivity index (χ0v) is 12.3. The minimum Gasteiger partial charge on any atom is -0.494 e. The molecule has 0 spiro atoms. The molecule has 0 saturated carbocycles. The lowest BCUT2D eigenvalue weighted by atomic mass is 9.90. The minimum atomic E-state index is -0.292. The van der Waals surface area contributed by atoms with Crippen LogP contribution >= 0.6 is 15.9 Å². The number of halogens is 1. The van der Waals surface area contributed by atoms with Gasteiger partial charge in [0.25, 0.3) is 0 Å². The van der Waals surface area contributed by atoms with Crippen LogP contribution in [0.25, 0.3) is 0 Å². The minimum absolute atomic E-state index is 0.0146. The predicted molar refractivity (Wildman–Crippen MR) is 74.2 cm³/mol. The summed E-state index contributed by atoms with van der Waals surface area (Å²) in [6, 6.07) is 7.81. The molecule has 0 atom stereocenters. The van der Waals surface area contributed by atoms with Gasteiger partial charge >= 0.3 is 0 Å². The van der Waals surface area contributed by atoms with Crippen LogP contribution in [0.4, 0.5) is 0 Å². The van der Waals surface area contributed by atoms with Crippen molar-refractivity contribution in [2.75, 3.05) is 6.61 Å². The number of hydrogen-bond donors (Lipinski definition) is 1. The lowest BCUT2D eigenvalue weighted by molar-refractivity contribution is 0.273. The van der Waals surface area contributed by atoms with Gasteiger partial charge in [0.2, 0.25) is 0 Å². The Kier molecular flexibility index (Phi) is 5.64. The first-order valence-electron chi connectivity index (χ1n) is 5.92. The Labute approximate surface area is 117 Å². The summed E-state index contributed by atoms with van der Waals surface area (Å²) in [6.45, 7) is 4.42. The Bertz CT molecular complexity index is 438. The summed E-state index contributed by atoms with van der Waals surface area (Å²) in [6.07, 6.45) is 1.65. The molecular weight excluding hydrogens is 294 g/mol. The van der Waals surface area contributed by atoms with E-state index in [1.54, 1.807) is 0 Å². The van der Waals surface area contributed by atoms with Crippen LogP contribution in [0.2, 0.25) is 0 Å². The summed E-state index contributed by atoms with van der Waals surface area (Å²) >= 11 is 3.36. The van der Waals surface area contributed by atoms with Gasteiger partial charge in [-0.15, -0.1) is 0 Å². The maximum absolute atomic E-state index is 9.13. The molecule has 98 valence electrons. The molecule has 0 bridgehead atoms. The molecule has 1 rings (SSSR count). The fraction of sp³-hybridized carbons (Fsp3) is 0.500. The number of nitriles is 1. The van der Waals surface area contributed by atoms with Gasteiger partial charge in [0, 0.05) is 4.47 Å². The zero-order valence-electron chi connectivity index (χ0n) is 10.7. The van der Waals surface area contributed by atoms with Gasteiger partial charge < -0.3 is 9.84 Å². The molecule has 0 aliphatic rings. The Morgan fingerprint density at radius 3 is 2.78 bits per heavy atom. The Balaban J connectivity index is 2.43. The van der Waals surface area contributed by atoms with E-state index in [0.29, 0.717) is 6.61 Å². The first-order valence-corrected chi connectivity index (χ1v) is 6.71. The van der Waals surface area contributed by atoms with E-state index in [1.165, 1.54) is 0 Å². The number of aliphatic hydroxyl groups is 1. The van der Waals surface area contributed by atoms with Crippen LogP contribution in [-0.4, -0.2) is 11.7 Å². The molecule has 1 N–H and O–H groups in total. The van der Waals surface area contributed by atoms with Crippen LogP contribution < -0.4 is 4.74 Å². The fourth-order valence-corrected chi connectivity index (χ4v) is 1.89. The van der Waals surface area contributed by atoms with Crippen molar-refractivity contribution in [3.63, 3.8) is 0 Å². The van der Waals surface area contributed by atoms with Crippen LogP contribution in [0.5, 0.6) is 5.75 Å². The number of rotatable bonds is 6. The average molecular weight is 312 g/mol. The fourth-order valence-electron chi connectivity index (χ4n) is 1.52. The van der Waals surface area contributed by atoms with Crippen molar-refractivity contribution in [1.29, 1.82) is 5.26 Å². The van der Waals surface area contributed by atoms with E-state index in [1.807, 2.05) is 32.0 Å². The molecule has 0 aromatic heterocycles. The SMILES string of the molecule is CC(C)(C#N)CCCOc1ccc(Br)c(CO)c1. The van der Waals surface area contributed by atoms with Crippen molar-refractivity contribution < 1.29 is 9.84 Å². The van der Waals surface area contributed by atoms with Crippen LogP contribution in [0.1, 0.15) is 32.3 Å². The molecular formula is C14H18BrNO2. The van der Waals surface area contributed by atoms with Gasteiger partial charge in [-0.25, -0.2) is 0 Å². The zero-order chi connectivity index (χ0) is 13.6. The van der Waals surface area contributed by atoms with Crippen molar-refractivity contribution in [2.45, 2.75) is 33.3 Å². The highest BCUT2D eigenvalue weighted by Crippen LogP contribution is 2.24. The summed E-state index contributed by atoms with van der Waals surface area (Å²) in [5, 5.41) is 18.0. The quantitative estimate of drug-likeness (QED) is 0.816. The lowest BCUT2D eigenvalue weighted by Gasteiger charge is -2.15. The second-order valence-electron chi connectivity index (χ2n) is 4.86. The molecule has 3 nitrogen and oxygen atoms in total. The molecule has 0 heterocycles. The van der Waals surface area contributed by atoms with Crippen molar-refractivity contribution in [3.05, 3.63) is 28.2 Å². The van der Waals surface area contributed by atoms with E-state index in [9.17, 15) is 0 Å². The van der Waals surface area contributed by atoms with E-state index >= 15 is 0 Å². The standard InChI is InChI=1S/C14H18BrNO2/c1-14(2,10-16)6-3-7-18-12-4-5-13(15)11(8-12)9-17/h4-5,8,17H,3,6-7,9H2,1-2H3. The molecule has 18 heavy (non-hydrogen) atoms. The van der Waals surface area contributed by atoms with Gasteiger partial charge in [-0.1, -0.05) is 15.9 Å². The van der Waals surface area contributed by atoms with E-state index in [4.69, 9.17) is 15.1 Å². The highest BCUT2D eigenvalue weighted by Gasteiger charge is 2.15. The lowest BCUT2D eigenvalue weighted by Crippen LogP contribution is -2.10.